The lowest BCUT2D eigenvalue weighted by atomic mass is 10.1. The summed E-state index contributed by atoms with van der Waals surface area (Å²) >= 11 is 4.91. The Hall–Kier alpha value is -2.34. The fourth-order valence-corrected chi connectivity index (χ4v) is 1.98. The summed E-state index contributed by atoms with van der Waals surface area (Å²) in [5.41, 5.74) is 8.36. The molecule has 1 heterocycles. The van der Waals surface area contributed by atoms with E-state index in [1.807, 2.05) is 0 Å². The van der Waals surface area contributed by atoms with Crippen molar-refractivity contribution in [1.82, 2.24) is 4.98 Å². The van der Waals surface area contributed by atoms with E-state index in [0.29, 0.717) is 22.5 Å². The molecular weight excluding hydrogens is 262 g/mol. The summed E-state index contributed by atoms with van der Waals surface area (Å²) in [6.45, 7) is 1.80. The number of nitrogens with zero attached hydrogens (tertiary/aromatic N) is 2. The van der Waals surface area contributed by atoms with Crippen LogP contribution in [0.3, 0.4) is 0 Å². The lowest BCUT2D eigenvalue weighted by Crippen LogP contribution is -2.12. The topological polar surface area (TPSA) is 82.0 Å². The van der Waals surface area contributed by atoms with Crippen molar-refractivity contribution in [3.8, 4) is 11.3 Å². The number of hydrogen-bond acceptors (Lipinski definition) is 4. The zero-order chi connectivity index (χ0) is 14.0. The minimum Gasteiger partial charge on any atom is -0.389 e. The molecule has 0 saturated carbocycles. The van der Waals surface area contributed by atoms with Gasteiger partial charge in [-0.15, -0.1) is 0 Å². The third-order valence-electron chi connectivity index (χ3n) is 2.70. The van der Waals surface area contributed by atoms with E-state index in [4.69, 9.17) is 18.0 Å². The summed E-state index contributed by atoms with van der Waals surface area (Å²) in [6.07, 6.45) is 0. The predicted octanol–water partition coefficient (Wildman–Crippen LogP) is 2.60. The minimum atomic E-state index is -0.431. The molecule has 0 spiro atoms. The van der Waals surface area contributed by atoms with E-state index in [2.05, 4.69) is 4.98 Å². The second kappa shape index (κ2) is 5.11. The van der Waals surface area contributed by atoms with Gasteiger partial charge in [-0.1, -0.05) is 24.4 Å². The molecule has 0 atom stereocenters. The zero-order valence-electron chi connectivity index (χ0n) is 10.2. The normalized spacial score (nSPS) is 10.2. The highest BCUT2D eigenvalue weighted by atomic mass is 32.1. The van der Waals surface area contributed by atoms with Gasteiger partial charge in [0.15, 0.2) is 0 Å². The van der Waals surface area contributed by atoms with Crippen molar-refractivity contribution in [2.24, 2.45) is 5.73 Å². The summed E-state index contributed by atoms with van der Waals surface area (Å²) in [4.78, 5) is 15.0. The van der Waals surface area contributed by atoms with Gasteiger partial charge in [0, 0.05) is 29.0 Å². The summed E-state index contributed by atoms with van der Waals surface area (Å²) in [5, 5.41) is 10.7. The van der Waals surface area contributed by atoms with Crippen LogP contribution in [0.15, 0.2) is 36.4 Å². The van der Waals surface area contributed by atoms with Crippen molar-refractivity contribution in [1.29, 1.82) is 0 Å². The van der Waals surface area contributed by atoms with Crippen LogP contribution in [-0.4, -0.2) is 14.9 Å². The monoisotopic (exact) mass is 273 g/mol. The van der Waals surface area contributed by atoms with Crippen LogP contribution in [0.25, 0.3) is 11.3 Å². The first-order valence-electron chi connectivity index (χ1n) is 5.51. The van der Waals surface area contributed by atoms with Gasteiger partial charge in [0.2, 0.25) is 0 Å². The van der Waals surface area contributed by atoms with Gasteiger partial charge in [0.25, 0.3) is 5.69 Å². The van der Waals surface area contributed by atoms with Crippen molar-refractivity contribution < 1.29 is 4.92 Å². The highest BCUT2D eigenvalue weighted by Crippen LogP contribution is 2.23. The molecule has 1 aromatic carbocycles. The second-order valence-electron chi connectivity index (χ2n) is 4.00. The summed E-state index contributed by atoms with van der Waals surface area (Å²) < 4.78 is 0. The molecular formula is C13H11N3O2S. The molecule has 0 fully saturated rings. The molecule has 1 aromatic heterocycles. The number of benzene rings is 1. The fourth-order valence-electron chi connectivity index (χ4n) is 1.76. The lowest BCUT2D eigenvalue weighted by Gasteiger charge is -2.06. The van der Waals surface area contributed by atoms with Gasteiger partial charge >= 0.3 is 0 Å². The van der Waals surface area contributed by atoms with Gasteiger partial charge < -0.3 is 5.73 Å². The number of pyridine rings is 1. The number of non-ortho nitro benzene ring substituents is 1. The summed E-state index contributed by atoms with van der Waals surface area (Å²) in [6, 6.07) is 9.86. The van der Waals surface area contributed by atoms with Crippen molar-refractivity contribution in [3.63, 3.8) is 0 Å². The first-order valence-corrected chi connectivity index (χ1v) is 5.92. The van der Waals surface area contributed by atoms with E-state index in [9.17, 15) is 10.1 Å². The van der Waals surface area contributed by atoms with Crippen LogP contribution in [0.1, 0.15) is 11.3 Å². The highest BCUT2D eigenvalue weighted by Gasteiger charge is 2.10. The maximum absolute atomic E-state index is 10.7. The molecule has 0 radical (unpaired) electrons. The lowest BCUT2D eigenvalue weighted by molar-refractivity contribution is -0.384. The first-order chi connectivity index (χ1) is 8.99. The Morgan fingerprint density at radius 1 is 1.37 bits per heavy atom. The van der Waals surface area contributed by atoms with Gasteiger partial charge in [-0.05, 0) is 19.1 Å². The van der Waals surface area contributed by atoms with Crippen LogP contribution in [0.4, 0.5) is 5.69 Å². The molecule has 2 rings (SSSR count). The second-order valence-corrected chi connectivity index (χ2v) is 4.44. The molecule has 96 valence electrons. The van der Waals surface area contributed by atoms with Gasteiger partial charge in [-0.3, -0.25) is 15.1 Å². The molecule has 6 heteroatoms. The maximum Gasteiger partial charge on any atom is 0.270 e. The van der Waals surface area contributed by atoms with E-state index in [-0.39, 0.29) is 10.7 Å². The van der Waals surface area contributed by atoms with E-state index in [0.717, 1.165) is 0 Å². The molecule has 0 aliphatic rings. The molecule has 0 amide bonds. The number of nitro benzene ring substituents is 1. The third kappa shape index (κ3) is 2.74. The smallest absolute Gasteiger partial charge is 0.270 e. The van der Waals surface area contributed by atoms with Gasteiger partial charge in [-0.25, -0.2) is 0 Å². The number of aryl methyl sites for hydroxylation is 1. The van der Waals surface area contributed by atoms with Crippen molar-refractivity contribution in [2.45, 2.75) is 6.92 Å². The van der Waals surface area contributed by atoms with Gasteiger partial charge in [0.05, 0.1) is 10.6 Å². The first kappa shape index (κ1) is 13.1. The van der Waals surface area contributed by atoms with Crippen LogP contribution in [0.5, 0.6) is 0 Å². The zero-order valence-corrected chi connectivity index (χ0v) is 11.0. The number of aromatic nitrogens is 1. The Kier molecular flexibility index (Phi) is 3.52. The van der Waals surface area contributed by atoms with Crippen LogP contribution in [-0.2, 0) is 0 Å². The number of hydrogen-bond donors (Lipinski definition) is 1. The molecule has 0 saturated heterocycles. The van der Waals surface area contributed by atoms with Crippen molar-refractivity contribution in [2.75, 3.05) is 0 Å². The maximum atomic E-state index is 10.7. The number of nitro groups is 1. The highest BCUT2D eigenvalue weighted by molar-refractivity contribution is 7.80. The average molecular weight is 273 g/mol. The SMILES string of the molecule is Cc1nc(-c2cccc([N+](=O)[O-])c2)ccc1C(N)=S. The molecule has 0 aliphatic carbocycles. The molecule has 2 N–H and O–H groups in total. The molecule has 2 aromatic rings. The Labute approximate surface area is 115 Å². The number of thiocarbonyl (C=S) groups is 1. The van der Waals surface area contributed by atoms with E-state index in [1.165, 1.54) is 12.1 Å². The Morgan fingerprint density at radius 2 is 2.11 bits per heavy atom. The van der Waals surface area contributed by atoms with Gasteiger partial charge in [0.1, 0.15) is 4.99 Å². The van der Waals surface area contributed by atoms with Crippen LogP contribution in [0, 0.1) is 17.0 Å². The van der Waals surface area contributed by atoms with Crippen LogP contribution >= 0.6 is 12.2 Å². The molecule has 0 aliphatic heterocycles. The Morgan fingerprint density at radius 3 is 2.68 bits per heavy atom. The minimum absolute atomic E-state index is 0.0374. The Balaban J connectivity index is 2.48. The standard InChI is InChI=1S/C13H11N3O2S/c1-8-11(13(14)19)5-6-12(15-8)9-3-2-4-10(7-9)16(17)18/h2-7H,1H3,(H2,14,19). The van der Waals surface area contributed by atoms with Crippen LogP contribution < -0.4 is 5.73 Å². The summed E-state index contributed by atoms with van der Waals surface area (Å²) in [7, 11) is 0. The van der Waals surface area contributed by atoms with Gasteiger partial charge in [-0.2, -0.15) is 0 Å². The average Bonchev–Trinajstić information content (AvgIpc) is 2.38. The molecule has 19 heavy (non-hydrogen) atoms. The quantitative estimate of drug-likeness (QED) is 0.528. The van der Waals surface area contributed by atoms with Crippen molar-refractivity contribution >= 4 is 22.9 Å². The molecule has 5 nitrogen and oxygen atoms in total. The van der Waals surface area contributed by atoms with E-state index < -0.39 is 4.92 Å². The predicted molar refractivity (Wildman–Crippen MR) is 77.0 cm³/mol. The largest absolute Gasteiger partial charge is 0.389 e. The number of nitrogens with two attached hydrogens (primary N) is 1. The van der Waals surface area contributed by atoms with Crippen molar-refractivity contribution in [3.05, 3.63) is 57.8 Å². The third-order valence-corrected chi connectivity index (χ3v) is 2.92. The summed E-state index contributed by atoms with van der Waals surface area (Å²) in [5.74, 6) is 0. The fraction of sp³-hybridized carbons (Fsp3) is 0.0769. The van der Waals surface area contributed by atoms with E-state index >= 15 is 0 Å². The Bertz CT molecular complexity index is 671. The van der Waals surface area contributed by atoms with Crippen LogP contribution in [0.2, 0.25) is 0 Å². The molecule has 0 bridgehead atoms. The van der Waals surface area contributed by atoms with E-state index in [1.54, 1.807) is 31.2 Å². The molecule has 0 unspecified atom stereocenters. The number of rotatable bonds is 3.